The lowest BCUT2D eigenvalue weighted by Gasteiger charge is -2.06. The molecule has 1 aromatic heterocycles. The van der Waals surface area contributed by atoms with E-state index >= 15 is 0 Å². The average molecular weight is 222 g/mol. The number of hydrogen-bond donors (Lipinski definition) is 1. The van der Waals surface area contributed by atoms with E-state index in [1.807, 2.05) is 0 Å². The largest absolute Gasteiger partial charge is 0.506 e. The third kappa shape index (κ3) is 1.98. The predicted octanol–water partition coefficient (Wildman–Crippen LogP) is 2.28. The van der Waals surface area contributed by atoms with Crippen molar-refractivity contribution in [1.82, 2.24) is 4.98 Å². The van der Waals surface area contributed by atoms with Gasteiger partial charge in [0.2, 0.25) is 0 Å². The van der Waals surface area contributed by atoms with Gasteiger partial charge in [-0.1, -0.05) is 0 Å². The Bertz CT molecular complexity index is 357. The van der Waals surface area contributed by atoms with E-state index in [0.29, 0.717) is 6.29 Å². The number of carbonyl (C=O) groups is 1. The van der Waals surface area contributed by atoms with Crippen molar-refractivity contribution in [2.45, 2.75) is 12.3 Å². The smallest absolute Gasteiger partial charge is 0.284 e. The second kappa shape index (κ2) is 4.32. The normalized spacial score (nSPS) is 10.6. The third-order valence-corrected chi connectivity index (χ3v) is 1.89. The summed E-state index contributed by atoms with van der Waals surface area (Å²) in [4.78, 5) is 13.7. The molecule has 6 heteroatoms. The highest BCUT2D eigenvalue weighted by atomic mass is 35.5. The number of halogens is 3. The molecule has 0 aliphatic rings. The molecule has 0 saturated heterocycles. The van der Waals surface area contributed by atoms with Crippen molar-refractivity contribution in [3.8, 4) is 5.75 Å². The van der Waals surface area contributed by atoms with E-state index < -0.39 is 17.9 Å². The van der Waals surface area contributed by atoms with E-state index in [1.54, 1.807) is 0 Å². The summed E-state index contributed by atoms with van der Waals surface area (Å²) in [6.45, 7) is 0. The van der Waals surface area contributed by atoms with Crippen molar-refractivity contribution in [3.63, 3.8) is 0 Å². The molecular formula is C8H6ClF2NO2. The Morgan fingerprint density at radius 2 is 2.29 bits per heavy atom. The van der Waals surface area contributed by atoms with Gasteiger partial charge in [-0.15, -0.1) is 11.6 Å². The van der Waals surface area contributed by atoms with Crippen LogP contribution in [0.1, 0.15) is 28.2 Å². The molecule has 0 amide bonds. The topological polar surface area (TPSA) is 50.2 Å². The molecule has 3 nitrogen and oxygen atoms in total. The fraction of sp³-hybridized carbons (Fsp3) is 0.250. The van der Waals surface area contributed by atoms with Gasteiger partial charge in [0, 0.05) is 5.88 Å². The number of aromatic nitrogens is 1. The fourth-order valence-electron chi connectivity index (χ4n) is 0.941. The number of hydrogen-bond acceptors (Lipinski definition) is 3. The summed E-state index contributed by atoms with van der Waals surface area (Å²) in [5.41, 5.74) is -0.752. The Morgan fingerprint density at radius 3 is 2.71 bits per heavy atom. The van der Waals surface area contributed by atoms with Gasteiger partial charge in [-0.3, -0.25) is 4.79 Å². The maximum Gasteiger partial charge on any atom is 0.284 e. The van der Waals surface area contributed by atoms with Crippen LogP contribution in [0.3, 0.4) is 0 Å². The van der Waals surface area contributed by atoms with Gasteiger partial charge < -0.3 is 5.11 Å². The minimum Gasteiger partial charge on any atom is -0.506 e. The maximum atomic E-state index is 12.2. The molecule has 76 valence electrons. The first-order chi connectivity index (χ1) is 6.60. The van der Waals surface area contributed by atoms with Crippen LogP contribution >= 0.6 is 11.6 Å². The van der Waals surface area contributed by atoms with Gasteiger partial charge in [0.15, 0.2) is 6.29 Å². The van der Waals surface area contributed by atoms with Gasteiger partial charge in [-0.25, -0.2) is 13.8 Å². The molecule has 0 saturated carbocycles. The summed E-state index contributed by atoms with van der Waals surface area (Å²) in [7, 11) is 0. The molecule has 0 aliphatic carbocycles. The molecule has 0 aromatic carbocycles. The number of aromatic hydroxyl groups is 1. The Kier molecular flexibility index (Phi) is 3.35. The highest BCUT2D eigenvalue weighted by Gasteiger charge is 2.17. The molecule has 0 atom stereocenters. The molecule has 0 fully saturated rings. The quantitative estimate of drug-likeness (QED) is 0.629. The molecular weight excluding hydrogens is 216 g/mol. The minimum absolute atomic E-state index is 0.0713. The molecule has 1 aromatic rings. The van der Waals surface area contributed by atoms with Gasteiger partial charge in [0.05, 0.1) is 0 Å². The van der Waals surface area contributed by atoms with Crippen LogP contribution in [0, 0.1) is 0 Å². The van der Waals surface area contributed by atoms with Crippen LogP contribution in [0.15, 0.2) is 6.07 Å². The van der Waals surface area contributed by atoms with Crippen LogP contribution in [-0.2, 0) is 5.88 Å². The van der Waals surface area contributed by atoms with Crippen LogP contribution in [0.5, 0.6) is 5.75 Å². The zero-order valence-corrected chi connectivity index (χ0v) is 7.63. The van der Waals surface area contributed by atoms with E-state index in [-0.39, 0.29) is 17.1 Å². The summed E-state index contributed by atoms with van der Waals surface area (Å²) >= 11 is 5.42. The minimum atomic E-state index is -2.92. The summed E-state index contributed by atoms with van der Waals surface area (Å²) < 4.78 is 24.4. The first-order valence-electron chi connectivity index (χ1n) is 3.62. The molecule has 1 heterocycles. The molecule has 0 unspecified atom stereocenters. The highest BCUT2D eigenvalue weighted by molar-refractivity contribution is 6.17. The lowest BCUT2D eigenvalue weighted by molar-refractivity contribution is 0.111. The summed E-state index contributed by atoms with van der Waals surface area (Å²) in [6, 6.07) is 1.02. The maximum absolute atomic E-state index is 12.2. The monoisotopic (exact) mass is 221 g/mol. The number of carbonyl (C=O) groups excluding carboxylic acids is 1. The molecule has 0 bridgehead atoms. The van der Waals surface area contributed by atoms with Gasteiger partial charge in [-0.2, -0.15) is 0 Å². The molecule has 0 aliphatic heterocycles. The van der Waals surface area contributed by atoms with E-state index in [9.17, 15) is 13.6 Å². The third-order valence-electron chi connectivity index (χ3n) is 1.61. The second-order valence-electron chi connectivity index (χ2n) is 2.49. The van der Waals surface area contributed by atoms with Gasteiger partial charge >= 0.3 is 0 Å². The van der Waals surface area contributed by atoms with E-state index in [1.165, 1.54) is 0 Å². The van der Waals surface area contributed by atoms with E-state index in [2.05, 4.69) is 4.98 Å². The standard InChI is InChI=1S/C8H6ClF2NO2/c9-2-4-1-6(14)7(8(10)11)12-5(4)3-13/h1,3,8,14H,2H2. The SMILES string of the molecule is O=Cc1nc(C(F)F)c(O)cc1CCl. The Balaban J connectivity index is 3.30. The second-order valence-corrected chi connectivity index (χ2v) is 2.76. The van der Waals surface area contributed by atoms with E-state index in [4.69, 9.17) is 16.7 Å². The van der Waals surface area contributed by atoms with Gasteiger partial charge in [0.25, 0.3) is 6.43 Å². The van der Waals surface area contributed by atoms with Crippen LogP contribution in [0.2, 0.25) is 0 Å². The number of alkyl halides is 3. The summed E-state index contributed by atoms with van der Waals surface area (Å²) in [5, 5.41) is 9.10. The number of rotatable bonds is 3. The van der Waals surface area contributed by atoms with Crippen molar-refractivity contribution in [2.24, 2.45) is 0 Å². The molecule has 1 rings (SSSR count). The molecule has 0 spiro atoms. The Hall–Kier alpha value is -1.23. The van der Waals surface area contributed by atoms with Crippen molar-refractivity contribution in [2.75, 3.05) is 0 Å². The summed E-state index contributed by atoms with van der Waals surface area (Å²) in [5.74, 6) is -0.723. The van der Waals surface area contributed by atoms with Crippen molar-refractivity contribution in [3.05, 3.63) is 23.0 Å². The molecule has 14 heavy (non-hydrogen) atoms. The fourth-order valence-corrected chi connectivity index (χ4v) is 1.16. The van der Waals surface area contributed by atoms with Crippen molar-refractivity contribution >= 4 is 17.9 Å². The molecule has 1 N–H and O–H groups in total. The van der Waals surface area contributed by atoms with Crippen molar-refractivity contribution < 1.29 is 18.7 Å². The van der Waals surface area contributed by atoms with Crippen LogP contribution in [0.25, 0.3) is 0 Å². The van der Waals surface area contributed by atoms with E-state index in [0.717, 1.165) is 6.07 Å². The first kappa shape index (κ1) is 10.8. The van der Waals surface area contributed by atoms with Crippen LogP contribution in [0.4, 0.5) is 8.78 Å². The van der Waals surface area contributed by atoms with Gasteiger partial charge in [-0.05, 0) is 11.6 Å². The molecule has 0 radical (unpaired) electrons. The number of pyridine rings is 1. The zero-order chi connectivity index (χ0) is 10.7. The lowest BCUT2D eigenvalue weighted by atomic mass is 10.2. The number of nitrogens with zero attached hydrogens (tertiary/aromatic N) is 1. The predicted molar refractivity (Wildman–Crippen MR) is 45.8 cm³/mol. The van der Waals surface area contributed by atoms with Gasteiger partial charge in [0.1, 0.15) is 17.1 Å². The number of aldehydes is 1. The van der Waals surface area contributed by atoms with Crippen molar-refractivity contribution in [1.29, 1.82) is 0 Å². The average Bonchev–Trinajstić information content (AvgIpc) is 2.16. The Labute approximate surface area is 83.3 Å². The first-order valence-corrected chi connectivity index (χ1v) is 4.15. The van der Waals surface area contributed by atoms with Crippen LogP contribution < -0.4 is 0 Å². The highest BCUT2D eigenvalue weighted by Crippen LogP contribution is 2.28. The van der Waals surface area contributed by atoms with Crippen LogP contribution in [-0.4, -0.2) is 16.4 Å². The summed E-state index contributed by atoms with van der Waals surface area (Å²) in [6.07, 6.45) is -2.60. The zero-order valence-electron chi connectivity index (χ0n) is 6.88. The Morgan fingerprint density at radius 1 is 1.64 bits per heavy atom. The lowest BCUT2D eigenvalue weighted by Crippen LogP contribution is -2.00.